The van der Waals surface area contributed by atoms with Crippen LogP contribution in [0, 0.1) is 0 Å². The lowest BCUT2D eigenvalue weighted by Crippen LogP contribution is -1.95. The summed E-state index contributed by atoms with van der Waals surface area (Å²) in [7, 11) is 0. The number of benzene rings is 1. The number of hydrogen-bond acceptors (Lipinski definition) is 4. The lowest BCUT2D eigenvalue weighted by atomic mass is 10.2. The summed E-state index contributed by atoms with van der Waals surface area (Å²) < 4.78 is 10.3. The standard InChI is InChI=1S/C12H12N2O2/c1-2-12-13-11(14-16-12)9-15-8-10-6-4-3-5-7-10/h2-7H,1,8-9H2. The molecule has 0 aliphatic rings. The van der Waals surface area contributed by atoms with Crippen molar-refractivity contribution in [1.82, 2.24) is 10.1 Å². The van der Waals surface area contributed by atoms with Crippen molar-refractivity contribution < 1.29 is 9.26 Å². The molecular formula is C12H12N2O2. The van der Waals surface area contributed by atoms with Gasteiger partial charge in [-0.1, -0.05) is 42.1 Å². The lowest BCUT2D eigenvalue weighted by molar-refractivity contribution is 0.0999. The largest absolute Gasteiger partial charge is 0.369 e. The second-order valence-corrected chi connectivity index (χ2v) is 3.23. The third-order valence-corrected chi connectivity index (χ3v) is 2.00. The quantitative estimate of drug-likeness (QED) is 0.770. The average molecular weight is 216 g/mol. The Morgan fingerprint density at radius 2 is 2.06 bits per heavy atom. The van der Waals surface area contributed by atoms with Gasteiger partial charge in [0.05, 0.1) is 6.61 Å². The van der Waals surface area contributed by atoms with Crippen LogP contribution in [0.1, 0.15) is 17.3 Å². The smallest absolute Gasteiger partial charge is 0.250 e. The van der Waals surface area contributed by atoms with E-state index in [4.69, 9.17) is 9.26 Å². The summed E-state index contributed by atoms with van der Waals surface area (Å²) in [5.41, 5.74) is 1.12. The molecular weight excluding hydrogens is 204 g/mol. The van der Waals surface area contributed by atoms with Crippen molar-refractivity contribution in [3.05, 3.63) is 54.2 Å². The van der Waals surface area contributed by atoms with Crippen LogP contribution in [0.2, 0.25) is 0 Å². The molecule has 2 aromatic rings. The zero-order valence-electron chi connectivity index (χ0n) is 8.80. The van der Waals surface area contributed by atoms with E-state index in [0.29, 0.717) is 24.9 Å². The summed E-state index contributed by atoms with van der Waals surface area (Å²) in [6.07, 6.45) is 1.51. The highest BCUT2D eigenvalue weighted by atomic mass is 16.5. The molecule has 0 bridgehead atoms. The normalized spacial score (nSPS) is 10.2. The predicted molar refractivity (Wildman–Crippen MR) is 59.3 cm³/mol. The van der Waals surface area contributed by atoms with E-state index >= 15 is 0 Å². The fourth-order valence-electron chi connectivity index (χ4n) is 1.24. The average Bonchev–Trinajstić information content (AvgIpc) is 2.78. The number of ether oxygens (including phenoxy) is 1. The van der Waals surface area contributed by atoms with Crippen molar-refractivity contribution in [2.24, 2.45) is 0 Å². The van der Waals surface area contributed by atoms with E-state index in [-0.39, 0.29) is 0 Å². The molecule has 16 heavy (non-hydrogen) atoms. The van der Waals surface area contributed by atoms with Gasteiger partial charge in [0.1, 0.15) is 6.61 Å². The monoisotopic (exact) mass is 216 g/mol. The molecule has 0 amide bonds. The van der Waals surface area contributed by atoms with Gasteiger partial charge in [0.2, 0.25) is 5.89 Å². The van der Waals surface area contributed by atoms with Gasteiger partial charge >= 0.3 is 0 Å². The van der Waals surface area contributed by atoms with Crippen LogP contribution in [0.3, 0.4) is 0 Å². The molecule has 0 N–H and O–H groups in total. The highest BCUT2D eigenvalue weighted by molar-refractivity contribution is 5.32. The molecule has 82 valence electrons. The summed E-state index contributed by atoms with van der Waals surface area (Å²) in [6.45, 7) is 4.42. The summed E-state index contributed by atoms with van der Waals surface area (Å²) in [5.74, 6) is 0.948. The first-order valence-electron chi connectivity index (χ1n) is 4.95. The van der Waals surface area contributed by atoms with Crippen molar-refractivity contribution >= 4 is 6.08 Å². The molecule has 0 saturated heterocycles. The van der Waals surface area contributed by atoms with Gasteiger partial charge in [0.15, 0.2) is 5.82 Å². The highest BCUT2D eigenvalue weighted by Crippen LogP contribution is 2.04. The maximum Gasteiger partial charge on any atom is 0.250 e. The topological polar surface area (TPSA) is 48.2 Å². The summed E-state index contributed by atoms with van der Waals surface area (Å²) in [6, 6.07) is 9.93. The molecule has 0 aliphatic carbocycles. The lowest BCUT2D eigenvalue weighted by Gasteiger charge is -2.00. The fourth-order valence-corrected chi connectivity index (χ4v) is 1.24. The maximum atomic E-state index is 5.44. The Morgan fingerprint density at radius 1 is 1.25 bits per heavy atom. The molecule has 4 heteroatoms. The van der Waals surface area contributed by atoms with Crippen molar-refractivity contribution in [2.75, 3.05) is 0 Å². The van der Waals surface area contributed by atoms with Gasteiger partial charge in [-0.15, -0.1) is 0 Å². The maximum absolute atomic E-state index is 5.44. The molecule has 0 atom stereocenters. The van der Waals surface area contributed by atoms with Crippen molar-refractivity contribution in [2.45, 2.75) is 13.2 Å². The van der Waals surface area contributed by atoms with Crippen LogP contribution in [0.25, 0.3) is 6.08 Å². The predicted octanol–water partition coefficient (Wildman–Crippen LogP) is 2.43. The first-order chi connectivity index (χ1) is 7.88. The summed E-state index contributed by atoms with van der Waals surface area (Å²) in [5, 5.41) is 3.74. The van der Waals surface area contributed by atoms with Crippen LogP contribution in [0.4, 0.5) is 0 Å². The van der Waals surface area contributed by atoms with E-state index in [1.165, 1.54) is 6.08 Å². The van der Waals surface area contributed by atoms with Crippen LogP contribution in [-0.2, 0) is 18.0 Å². The Bertz CT molecular complexity index is 451. The number of rotatable bonds is 5. The van der Waals surface area contributed by atoms with Crippen LogP contribution in [0.5, 0.6) is 0 Å². The molecule has 0 saturated carbocycles. The Hall–Kier alpha value is -1.94. The minimum atomic E-state index is 0.340. The zero-order valence-corrected chi connectivity index (χ0v) is 8.80. The molecule has 0 fully saturated rings. The van der Waals surface area contributed by atoms with E-state index in [1.807, 2.05) is 30.3 Å². The Kier molecular flexibility index (Phi) is 3.46. The molecule has 4 nitrogen and oxygen atoms in total. The van der Waals surface area contributed by atoms with E-state index in [0.717, 1.165) is 5.56 Å². The molecule has 1 aromatic heterocycles. The fraction of sp³-hybridized carbons (Fsp3) is 0.167. The minimum absolute atomic E-state index is 0.340. The van der Waals surface area contributed by atoms with Gasteiger partial charge in [-0.2, -0.15) is 4.98 Å². The first-order valence-corrected chi connectivity index (χ1v) is 4.95. The second-order valence-electron chi connectivity index (χ2n) is 3.23. The molecule has 1 aromatic carbocycles. The van der Waals surface area contributed by atoms with Gasteiger partial charge in [-0.05, 0) is 11.6 Å². The van der Waals surface area contributed by atoms with Crippen molar-refractivity contribution in [3.8, 4) is 0 Å². The van der Waals surface area contributed by atoms with Crippen molar-refractivity contribution in [1.29, 1.82) is 0 Å². The number of hydrogen-bond donors (Lipinski definition) is 0. The molecule has 0 spiro atoms. The summed E-state index contributed by atoms with van der Waals surface area (Å²) in [4.78, 5) is 4.04. The summed E-state index contributed by atoms with van der Waals surface area (Å²) >= 11 is 0. The molecule has 1 heterocycles. The number of nitrogens with zero attached hydrogens (tertiary/aromatic N) is 2. The van der Waals surface area contributed by atoms with Crippen LogP contribution in [-0.4, -0.2) is 10.1 Å². The van der Waals surface area contributed by atoms with E-state index in [2.05, 4.69) is 16.7 Å². The SMILES string of the molecule is C=Cc1nc(COCc2ccccc2)no1. The van der Waals surface area contributed by atoms with E-state index in [9.17, 15) is 0 Å². The van der Waals surface area contributed by atoms with Gasteiger partial charge in [0.25, 0.3) is 0 Å². The van der Waals surface area contributed by atoms with Gasteiger partial charge in [0, 0.05) is 0 Å². The van der Waals surface area contributed by atoms with Crippen LogP contribution >= 0.6 is 0 Å². The van der Waals surface area contributed by atoms with Crippen molar-refractivity contribution in [3.63, 3.8) is 0 Å². The molecule has 0 aliphatic heterocycles. The second kappa shape index (κ2) is 5.23. The minimum Gasteiger partial charge on any atom is -0.369 e. The Balaban J connectivity index is 1.82. The Morgan fingerprint density at radius 3 is 2.75 bits per heavy atom. The van der Waals surface area contributed by atoms with E-state index in [1.54, 1.807) is 0 Å². The van der Waals surface area contributed by atoms with E-state index < -0.39 is 0 Å². The Labute approximate surface area is 93.6 Å². The van der Waals surface area contributed by atoms with Gasteiger partial charge in [-0.25, -0.2) is 0 Å². The highest BCUT2D eigenvalue weighted by Gasteiger charge is 2.02. The molecule has 2 rings (SSSR count). The zero-order chi connectivity index (χ0) is 11.2. The third-order valence-electron chi connectivity index (χ3n) is 2.00. The van der Waals surface area contributed by atoms with Gasteiger partial charge in [-0.3, -0.25) is 0 Å². The molecule has 0 radical (unpaired) electrons. The number of aromatic nitrogens is 2. The van der Waals surface area contributed by atoms with Crippen LogP contribution in [0.15, 0.2) is 41.4 Å². The third kappa shape index (κ3) is 2.77. The molecule has 0 unspecified atom stereocenters. The van der Waals surface area contributed by atoms with Gasteiger partial charge < -0.3 is 9.26 Å². The van der Waals surface area contributed by atoms with Crippen LogP contribution < -0.4 is 0 Å². The first kappa shape index (κ1) is 10.6.